The maximum atomic E-state index is 10.8. The lowest BCUT2D eigenvalue weighted by molar-refractivity contribution is 0.0697. The zero-order valence-corrected chi connectivity index (χ0v) is 13.6. The Bertz CT molecular complexity index is 755. The van der Waals surface area contributed by atoms with Crippen LogP contribution in [0.1, 0.15) is 27.0 Å². The highest BCUT2D eigenvalue weighted by atomic mass is 32.1. The van der Waals surface area contributed by atoms with E-state index < -0.39 is 5.97 Å². The lowest BCUT2D eigenvalue weighted by Gasteiger charge is -2.11. The Morgan fingerprint density at radius 2 is 1.87 bits per heavy atom. The molecule has 0 atom stereocenters. The summed E-state index contributed by atoms with van der Waals surface area (Å²) < 4.78 is 0. The number of nitrogens with zero attached hydrogens (tertiary/aromatic N) is 1. The van der Waals surface area contributed by atoms with Gasteiger partial charge in [0.2, 0.25) is 0 Å². The van der Waals surface area contributed by atoms with Crippen molar-refractivity contribution in [1.29, 1.82) is 0 Å². The van der Waals surface area contributed by atoms with E-state index in [2.05, 4.69) is 15.8 Å². The van der Waals surface area contributed by atoms with Gasteiger partial charge in [-0.05, 0) is 61.0 Å². The van der Waals surface area contributed by atoms with Gasteiger partial charge < -0.3 is 10.4 Å². The molecule has 0 spiro atoms. The number of thiocarbonyl (C=S) groups is 1. The molecular formula is C17H17N3O2S. The first-order valence-electron chi connectivity index (χ1n) is 6.97. The Morgan fingerprint density at radius 3 is 2.52 bits per heavy atom. The van der Waals surface area contributed by atoms with Crippen LogP contribution in [0, 0.1) is 13.8 Å². The maximum absolute atomic E-state index is 10.8. The average molecular weight is 327 g/mol. The number of hydrogen-bond acceptors (Lipinski definition) is 3. The standard InChI is InChI=1S/C17H17N3O2S/c1-11-4-3-5-15(12(11)2)19-17(23)20-18-10-13-6-8-14(9-7-13)16(21)22/h3-10H,1-2H3,(H,21,22)(H2,19,20,23)/b18-10-. The van der Waals surface area contributed by atoms with Crippen LogP contribution in [0.15, 0.2) is 47.6 Å². The van der Waals surface area contributed by atoms with Crippen molar-refractivity contribution in [3.8, 4) is 0 Å². The molecule has 0 heterocycles. The van der Waals surface area contributed by atoms with E-state index in [4.69, 9.17) is 17.3 Å². The van der Waals surface area contributed by atoms with Crippen LogP contribution < -0.4 is 10.7 Å². The first-order chi connectivity index (χ1) is 11.0. The zero-order chi connectivity index (χ0) is 16.8. The fourth-order valence-corrected chi connectivity index (χ4v) is 2.08. The van der Waals surface area contributed by atoms with E-state index in [-0.39, 0.29) is 5.56 Å². The summed E-state index contributed by atoms with van der Waals surface area (Å²) in [5.74, 6) is -0.953. The summed E-state index contributed by atoms with van der Waals surface area (Å²) in [6, 6.07) is 12.3. The van der Waals surface area contributed by atoms with Crippen LogP contribution in [-0.2, 0) is 0 Å². The average Bonchev–Trinajstić information content (AvgIpc) is 2.52. The normalized spacial score (nSPS) is 10.5. The summed E-state index contributed by atoms with van der Waals surface area (Å²) in [5.41, 5.74) is 6.99. The van der Waals surface area contributed by atoms with Crippen molar-refractivity contribution in [2.45, 2.75) is 13.8 Å². The van der Waals surface area contributed by atoms with Crippen molar-refractivity contribution in [2.24, 2.45) is 5.10 Å². The SMILES string of the molecule is Cc1cccc(NC(=S)N/N=C\c2ccc(C(=O)O)cc2)c1C. The number of hydrogen-bond donors (Lipinski definition) is 3. The number of anilines is 1. The van der Waals surface area contributed by atoms with Crippen LogP contribution in [0.3, 0.4) is 0 Å². The molecule has 2 aromatic rings. The topological polar surface area (TPSA) is 73.7 Å². The highest BCUT2D eigenvalue weighted by Crippen LogP contribution is 2.17. The number of rotatable bonds is 4. The second kappa shape index (κ2) is 7.51. The molecular weight excluding hydrogens is 310 g/mol. The number of carboxylic acids is 1. The van der Waals surface area contributed by atoms with Crippen LogP contribution in [0.5, 0.6) is 0 Å². The number of aromatic carboxylic acids is 1. The first-order valence-corrected chi connectivity index (χ1v) is 7.38. The van der Waals surface area contributed by atoms with Gasteiger partial charge in [-0.3, -0.25) is 5.43 Å². The number of carboxylic acid groups (broad SMARTS) is 1. The molecule has 6 heteroatoms. The molecule has 0 amide bonds. The zero-order valence-electron chi connectivity index (χ0n) is 12.8. The molecule has 0 aliphatic heterocycles. The largest absolute Gasteiger partial charge is 0.478 e. The second-order valence-corrected chi connectivity index (χ2v) is 5.41. The molecule has 0 radical (unpaired) electrons. The quantitative estimate of drug-likeness (QED) is 0.456. The molecule has 0 saturated carbocycles. The number of carbonyl (C=O) groups is 1. The Hall–Kier alpha value is -2.73. The highest BCUT2D eigenvalue weighted by Gasteiger charge is 2.02. The summed E-state index contributed by atoms with van der Waals surface area (Å²) >= 11 is 5.20. The first kappa shape index (κ1) is 16.6. The summed E-state index contributed by atoms with van der Waals surface area (Å²) in [5, 5.41) is 16.3. The van der Waals surface area contributed by atoms with Gasteiger partial charge in [0.15, 0.2) is 5.11 Å². The van der Waals surface area contributed by atoms with E-state index >= 15 is 0 Å². The van der Waals surface area contributed by atoms with Crippen LogP contribution in [-0.4, -0.2) is 22.4 Å². The lowest BCUT2D eigenvalue weighted by atomic mass is 10.1. The fraction of sp³-hybridized carbons (Fsp3) is 0.118. The van der Waals surface area contributed by atoms with Gasteiger partial charge in [0.25, 0.3) is 0 Å². The van der Waals surface area contributed by atoms with E-state index in [9.17, 15) is 4.79 Å². The van der Waals surface area contributed by atoms with Gasteiger partial charge in [-0.1, -0.05) is 24.3 Å². The van der Waals surface area contributed by atoms with Crippen molar-refractivity contribution in [1.82, 2.24) is 5.43 Å². The number of aryl methyl sites for hydroxylation is 1. The van der Waals surface area contributed by atoms with Crippen LogP contribution in [0.2, 0.25) is 0 Å². The Kier molecular flexibility index (Phi) is 5.43. The number of benzene rings is 2. The van der Waals surface area contributed by atoms with Crippen LogP contribution >= 0.6 is 12.2 Å². The molecule has 2 rings (SSSR count). The van der Waals surface area contributed by atoms with Crippen molar-refractivity contribution < 1.29 is 9.90 Å². The second-order valence-electron chi connectivity index (χ2n) is 5.00. The monoisotopic (exact) mass is 327 g/mol. The third kappa shape index (κ3) is 4.62. The Morgan fingerprint density at radius 1 is 1.17 bits per heavy atom. The van der Waals surface area contributed by atoms with Gasteiger partial charge >= 0.3 is 5.97 Å². The molecule has 2 aromatic carbocycles. The predicted octanol–water partition coefficient (Wildman–Crippen LogP) is 3.32. The van der Waals surface area contributed by atoms with Gasteiger partial charge in [-0.15, -0.1) is 0 Å². The van der Waals surface area contributed by atoms with Gasteiger partial charge in [-0.2, -0.15) is 5.10 Å². The maximum Gasteiger partial charge on any atom is 0.335 e. The molecule has 0 saturated heterocycles. The summed E-state index contributed by atoms with van der Waals surface area (Å²) in [6.45, 7) is 4.06. The van der Waals surface area contributed by atoms with E-state index in [1.54, 1.807) is 18.3 Å². The lowest BCUT2D eigenvalue weighted by Crippen LogP contribution is -2.24. The van der Waals surface area contributed by atoms with Crippen molar-refractivity contribution in [2.75, 3.05) is 5.32 Å². The third-order valence-electron chi connectivity index (χ3n) is 3.39. The summed E-state index contributed by atoms with van der Waals surface area (Å²) in [7, 11) is 0. The van der Waals surface area contributed by atoms with E-state index in [0.29, 0.717) is 5.11 Å². The number of hydrazone groups is 1. The molecule has 23 heavy (non-hydrogen) atoms. The Balaban J connectivity index is 1.93. The van der Waals surface area contributed by atoms with E-state index in [1.807, 2.05) is 32.0 Å². The highest BCUT2D eigenvalue weighted by molar-refractivity contribution is 7.80. The minimum atomic E-state index is -0.953. The molecule has 0 bridgehead atoms. The predicted molar refractivity (Wildman–Crippen MR) is 96.3 cm³/mol. The molecule has 5 nitrogen and oxygen atoms in total. The van der Waals surface area contributed by atoms with E-state index in [0.717, 1.165) is 16.8 Å². The van der Waals surface area contributed by atoms with Crippen LogP contribution in [0.4, 0.5) is 5.69 Å². The molecule has 3 N–H and O–H groups in total. The molecule has 0 aliphatic carbocycles. The minimum Gasteiger partial charge on any atom is -0.478 e. The van der Waals surface area contributed by atoms with Crippen LogP contribution in [0.25, 0.3) is 0 Å². The van der Waals surface area contributed by atoms with Crippen molar-refractivity contribution in [3.05, 3.63) is 64.7 Å². The van der Waals surface area contributed by atoms with Crippen molar-refractivity contribution in [3.63, 3.8) is 0 Å². The Labute approximate surface area is 140 Å². The number of nitrogens with one attached hydrogen (secondary N) is 2. The fourth-order valence-electron chi connectivity index (χ4n) is 1.91. The molecule has 0 fully saturated rings. The molecule has 0 aromatic heterocycles. The molecule has 0 unspecified atom stereocenters. The smallest absolute Gasteiger partial charge is 0.335 e. The summed E-state index contributed by atoms with van der Waals surface area (Å²) in [6.07, 6.45) is 1.57. The third-order valence-corrected chi connectivity index (χ3v) is 3.58. The minimum absolute atomic E-state index is 0.238. The van der Waals surface area contributed by atoms with Gasteiger partial charge in [0, 0.05) is 5.69 Å². The summed E-state index contributed by atoms with van der Waals surface area (Å²) in [4.78, 5) is 10.8. The van der Waals surface area contributed by atoms with Gasteiger partial charge in [0.1, 0.15) is 0 Å². The van der Waals surface area contributed by atoms with E-state index in [1.165, 1.54) is 17.7 Å². The van der Waals surface area contributed by atoms with Gasteiger partial charge in [0.05, 0.1) is 11.8 Å². The molecule has 0 aliphatic rings. The molecule has 118 valence electrons. The van der Waals surface area contributed by atoms with Crippen molar-refractivity contribution >= 4 is 35.2 Å². The van der Waals surface area contributed by atoms with Gasteiger partial charge in [-0.25, -0.2) is 4.79 Å².